The van der Waals surface area contributed by atoms with Gasteiger partial charge in [-0.1, -0.05) is 18.2 Å². The molecule has 108 valence electrons. The molecule has 2 aromatic rings. The highest BCUT2D eigenvalue weighted by Crippen LogP contribution is 2.31. The van der Waals surface area contributed by atoms with Crippen molar-refractivity contribution in [1.29, 1.82) is 0 Å². The predicted octanol–water partition coefficient (Wildman–Crippen LogP) is 2.36. The summed E-state index contributed by atoms with van der Waals surface area (Å²) in [5.41, 5.74) is 8.03. The van der Waals surface area contributed by atoms with Crippen LogP contribution < -0.4 is 20.5 Å². The molecular formula is C16H16N2O3. The standard InChI is InChI=1S/C16H16N2O3/c1-10-6-7-12(11(17)8-10)18-16(19)15-9-20-13-4-2-3-5-14(13)21-15/h2-8,15H,9,17H2,1H3,(H,18,19). The second kappa shape index (κ2) is 5.36. The molecular weight excluding hydrogens is 268 g/mol. The van der Waals surface area contributed by atoms with E-state index in [2.05, 4.69) is 5.32 Å². The number of carbonyl (C=O) groups excluding carboxylic acids is 1. The number of benzene rings is 2. The summed E-state index contributed by atoms with van der Waals surface area (Å²) in [6.07, 6.45) is -0.694. The van der Waals surface area contributed by atoms with Crippen molar-refractivity contribution in [3.63, 3.8) is 0 Å². The number of ether oxygens (including phenoxy) is 2. The van der Waals surface area contributed by atoms with Crippen LogP contribution in [0.4, 0.5) is 11.4 Å². The van der Waals surface area contributed by atoms with Crippen LogP contribution in [-0.4, -0.2) is 18.6 Å². The van der Waals surface area contributed by atoms with Gasteiger partial charge in [-0.05, 0) is 36.8 Å². The lowest BCUT2D eigenvalue weighted by Gasteiger charge is -2.25. The molecule has 3 rings (SSSR count). The fourth-order valence-corrected chi connectivity index (χ4v) is 2.16. The van der Waals surface area contributed by atoms with E-state index in [1.165, 1.54) is 0 Å². The van der Waals surface area contributed by atoms with Gasteiger partial charge >= 0.3 is 0 Å². The quantitative estimate of drug-likeness (QED) is 0.830. The van der Waals surface area contributed by atoms with Crippen LogP contribution in [-0.2, 0) is 4.79 Å². The first-order chi connectivity index (χ1) is 10.1. The Morgan fingerprint density at radius 2 is 2.00 bits per heavy atom. The number of nitrogens with one attached hydrogen (secondary N) is 1. The third-order valence-electron chi connectivity index (χ3n) is 3.27. The minimum absolute atomic E-state index is 0.175. The molecule has 0 aliphatic carbocycles. The number of hydrogen-bond donors (Lipinski definition) is 2. The Morgan fingerprint density at radius 3 is 2.76 bits per heavy atom. The van der Waals surface area contributed by atoms with E-state index < -0.39 is 6.10 Å². The average Bonchev–Trinajstić information content (AvgIpc) is 2.49. The van der Waals surface area contributed by atoms with Crippen molar-refractivity contribution in [2.75, 3.05) is 17.7 Å². The second-order valence-electron chi connectivity index (χ2n) is 4.94. The third-order valence-corrected chi connectivity index (χ3v) is 3.27. The molecule has 0 saturated heterocycles. The topological polar surface area (TPSA) is 73.6 Å². The van der Waals surface area contributed by atoms with E-state index in [0.29, 0.717) is 22.9 Å². The second-order valence-corrected chi connectivity index (χ2v) is 4.94. The molecule has 0 saturated carbocycles. The van der Waals surface area contributed by atoms with Crippen molar-refractivity contribution in [3.8, 4) is 11.5 Å². The molecule has 2 aromatic carbocycles. The maximum absolute atomic E-state index is 12.2. The Labute approximate surface area is 122 Å². The Bertz CT molecular complexity index is 685. The number of amides is 1. The number of rotatable bonds is 2. The lowest BCUT2D eigenvalue weighted by molar-refractivity contribution is -0.125. The van der Waals surface area contributed by atoms with Crippen LogP contribution in [0.1, 0.15) is 5.56 Å². The number of nitrogen functional groups attached to an aromatic ring is 1. The number of aryl methyl sites for hydroxylation is 1. The van der Waals surface area contributed by atoms with E-state index in [-0.39, 0.29) is 12.5 Å². The molecule has 0 bridgehead atoms. The van der Waals surface area contributed by atoms with E-state index in [1.807, 2.05) is 31.2 Å². The molecule has 3 N–H and O–H groups in total. The van der Waals surface area contributed by atoms with Gasteiger partial charge in [0.05, 0.1) is 11.4 Å². The number of nitrogens with two attached hydrogens (primary N) is 1. The lowest BCUT2D eigenvalue weighted by Crippen LogP contribution is -2.40. The summed E-state index contributed by atoms with van der Waals surface area (Å²) in [5.74, 6) is 0.942. The largest absolute Gasteiger partial charge is 0.485 e. The zero-order valence-corrected chi connectivity index (χ0v) is 11.6. The molecule has 5 heteroatoms. The summed E-state index contributed by atoms with van der Waals surface area (Å²) in [7, 11) is 0. The van der Waals surface area contributed by atoms with Gasteiger partial charge in [-0.25, -0.2) is 0 Å². The minimum Gasteiger partial charge on any atom is -0.485 e. The molecule has 1 atom stereocenters. The van der Waals surface area contributed by atoms with E-state index >= 15 is 0 Å². The van der Waals surface area contributed by atoms with Crippen LogP contribution in [0.5, 0.6) is 11.5 Å². The molecule has 0 radical (unpaired) electrons. The molecule has 1 heterocycles. The predicted molar refractivity (Wildman–Crippen MR) is 80.6 cm³/mol. The van der Waals surface area contributed by atoms with E-state index in [4.69, 9.17) is 15.2 Å². The summed E-state index contributed by atoms with van der Waals surface area (Å²) >= 11 is 0. The molecule has 1 aliphatic heterocycles. The van der Waals surface area contributed by atoms with Crippen molar-refractivity contribution in [2.24, 2.45) is 0 Å². The first-order valence-electron chi connectivity index (χ1n) is 6.69. The molecule has 1 amide bonds. The Morgan fingerprint density at radius 1 is 1.24 bits per heavy atom. The summed E-state index contributed by atoms with van der Waals surface area (Å²) in [6, 6.07) is 12.7. The molecule has 0 spiro atoms. The van der Waals surface area contributed by atoms with Crippen molar-refractivity contribution in [1.82, 2.24) is 0 Å². The zero-order chi connectivity index (χ0) is 14.8. The fraction of sp³-hybridized carbons (Fsp3) is 0.188. The first-order valence-corrected chi connectivity index (χ1v) is 6.69. The number of fused-ring (bicyclic) bond motifs is 1. The van der Waals surface area contributed by atoms with Crippen LogP contribution in [0, 0.1) is 6.92 Å². The molecule has 5 nitrogen and oxygen atoms in total. The van der Waals surface area contributed by atoms with Gasteiger partial charge < -0.3 is 20.5 Å². The fourth-order valence-electron chi connectivity index (χ4n) is 2.16. The summed E-state index contributed by atoms with van der Waals surface area (Å²) < 4.78 is 11.2. The summed E-state index contributed by atoms with van der Waals surface area (Å²) in [4.78, 5) is 12.2. The molecule has 0 aromatic heterocycles. The zero-order valence-electron chi connectivity index (χ0n) is 11.6. The normalized spacial score (nSPS) is 16.3. The first kappa shape index (κ1) is 13.3. The Kier molecular flexibility index (Phi) is 3.39. The maximum Gasteiger partial charge on any atom is 0.269 e. The minimum atomic E-state index is -0.694. The van der Waals surface area contributed by atoms with Crippen LogP contribution >= 0.6 is 0 Å². The van der Waals surface area contributed by atoms with E-state index in [9.17, 15) is 4.79 Å². The monoisotopic (exact) mass is 284 g/mol. The van der Waals surface area contributed by atoms with Gasteiger partial charge in [-0.2, -0.15) is 0 Å². The highest BCUT2D eigenvalue weighted by molar-refractivity contribution is 5.97. The van der Waals surface area contributed by atoms with Gasteiger partial charge in [0.25, 0.3) is 5.91 Å². The van der Waals surface area contributed by atoms with Gasteiger partial charge in [0.1, 0.15) is 6.61 Å². The summed E-state index contributed by atoms with van der Waals surface area (Å²) in [5, 5.41) is 2.77. The Balaban J connectivity index is 1.72. The number of carbonyl (C=O) groups is 1. The maximum atomic E-state index is 12.2. The van der Waals surface area contributed by atoms with Gasteiger partial charge in [0.2, 0.25) is 6.10 Å². The third kappa shape index (κ3) is 2.76. The van der Waals surface area contributed by atoms with Crippen molar-refractivity contribution >= 4 is 17.3 Å². The van der Waals surface area contributed by atoms with Crippen LogP contribution in [0.2, 0.25) is 0 Å². The van der Waals surface area contributed by atoms with Crippen LogP contribution in [0.15, 0.2) is 42.5 Å². The summed E-state index contributed by atoms with van der Waals surface area (Å²) in [6.45, 7) is 2.12. The Hall–Kier alpha value is -2.69. The smallest absolute Gasteiger partial charge is 0.269 e. The highest BCUT2D eigenvalue weighted by Gasteiger charge is 2.27. The molecule has 1 aliphatic rings. The van der Waals surface area contributed by atoms with Gasteiger partial charge in [0.15, 0.2) is 11.5 Å². The van der Waals surface area contributed by atoms with Crippen LogP contribution in [0.25, 0.3) is 0 Å². The molecule has 0 fully saturated rings. The van der Waals surface area contributed by atoms with Gasteiger partial charge in [-0.15, -0.1) is 0 Å². The highest BCUT2D eigenvalue weighted by atomic mass is 16.6. The van der Waals surface area contributed by atoms with E-state index in [0.717, 1.165) is 5.56 Å². The van der Waals surface area contributed by atoms with Crippen molar-refractivity contribution in [3.05, 3.63) is 48.0 Å². The number of para-hydroxylation sites is 2. The van der Waals surface area contributed by atoms with Gasteiger partial charge in [0, 0.05) is 0 Å². The SMILES string of the molecule is Cc1ccc(NC(=O)C2COc3ccccc3O2)c(N)c1. The number of hydrogen-bond acceptors (Lipinski definition) is 4. The van der Waals surface area contributed by atoms with Crippen molar-refractivity contribution in [2.45, 2.75) is 13.0 Å². The average molecular weight is 284 g/mol. The van der Waals surface area contributed by atoms with Crippen molar-refractivity contribution < 1.29 is 14.3 Å². The molecule has 21 heavy (non-hydrogen) atoms. The van der Waals surface area contributed by atoms with Crippen LogP contribution in [0.3, 0.4) is 0 Å². The van der Waals surface area contributed by atoms with Gasteiger partial charge in [-0.3, -0.25) is 4.79 Å². The number of anilines is 2. The lowest BCUT2D eigenvalue weighted by atomic mass is 10.2. The van der Waals surface area contributed by atoms with E-state index in [1.54, 1.807) is 18.2 Å². The molecule has 1 unspecified atom stereocenters.